The number of carbonyl (C=O) groups excluding carboxylic acids is 1. The maximum absolute atomic E-state index is 12.2. The van der Waals surface area contributed by atoms with Crippen LogP contribution in [0.15, 0.2) is 35.8 Å². The number of anilines is 1. The molecule has 2 heterocycles. The number of aromatic nitrogens is 1. The predicted octanol–water partition coefficient (Wildman–Crippen LogP) is 3.17. The first kappa shape index (κ1) is 18.0. The normalized spacial score (nSPS) is 18.0. The zero-order valence-electron chi connectivity index (χ0n) is 14.9. The summed E-state index contributed by atoms with van der Waals surface area (Å²) in [5, 5.41) is 5.29. The summed E-state index contributed by atoms with van der Waals surface area (Å²) in [5.41, 5.74) is 1.92. The van der Waals surface area contributed by atoms with Crippen molar-refractivity contribution >= 4 is 22.4 Å². The fourth-order valence-corrected chi connectivity index (χ4v) is 3.84. The average molecular weight is 359 g/mol. The van der Waals surface area contributed by atoms with E-state index in [1.807, 2.05) is 17.5 Å². The van der Waals surface area contributed by atoms with Gasteiger partial charge in [-0.3, -0.25) is 15.0 Å². The highest BCUT2D eigenvalue weighted by atomic mass is 32.1. The minimum Gasteiger partial charge on any atom is -0.306 e. The summed E-state index contributed by atoms with van der Waals surface area (Å²) in [5.74, 6) is 0.663. The molecule has 0 spiro atoms. The number of rotatable bonds is 7. The largest absolute Gasteiger partial charge is 0.306 e. The molecule has 1 aliphatic rings. The van der Waals surface area contributed by atoms with Gasteiger partial charge in [-0.15, -0.1) is 11.3 Å². The Labute approximate surface area is 153 Å². The lowest BCUT2D eigenvalue weighted by Gasteiger charge is -2.24. The highest BCUT2D eigenvalue weighted by Crippen LogP contribution is 2.18. The number of hydrogen-bond donors (Lipinski definition) is 1. The van der Waals surface area contributed by atoms with Crippen molar-refractivity contribution in [3.8, 4) is 0 Å². The number of carbonyl (C=O) groups is 1. The van der Waals surface area contributed by atoms with Gasteiger partial charge in [-0.1, -0.05) is 19.1 Å². The van der Waals surface area contributed by atoms with Crippen molar-refractivity contribution in [2.75, 3.05) is 38.5 Å². The van der Waals surface area contributed by atoms with E-state index in [1.165, 1.54) is 36.4 Å². The van der Waals surface area contributed by atoms with Crippen LogP contribution in [0.4, 0.5) is 5.13 Å². The third-order valence-corrected chi connectivity index (χ3v) is 5.42. The summed E-state index contributed by atoms with van der Waals surface area (Å²) < 4.78 is 0. The molecule has 3 rings (SSSR count). The van der Waals surface area contributed by atoms with E-state index in [4.69, 9.17) is 0 Å². The quantitative estimate of drug-likeness (QED) is 0.826. The number of nitrogens with one attached hydrogen (secondary N) is 1. The van der Waals surface area contributed by atoms with Crippen LogP contribution in [0.2, 0.25) is 0 Å². The topological polar surface area (TPSA) is 48.5 Å². The summed E-state index contributed by atoms with van der Waals surface area (Å²) in [7, 11) is 2.20. The Hall–Kier alpha value is -1.76. The molecule has 1 aromatic heterocycles. The molecule has 1 N–H and O–H groups in total. The molecule has 0 saturated carbocycles. The molecular weight excluding hydrogens is 332 g/mol. The van der Waals surface area contributed by atoms with Crippen molar-refractivity contribution in [2.45, 2.75) is 19.9 Å². The molecule has 0 aliphatic carbocycles. The third kappa shape index (κ3) is 5.11. The molecule has 6 heteroatoms. The van der Waals surface area contributed by atoms with E-state index < -0.39 is 0 Å². The van der Waals surface area contributed by atoms with Gasteiger partial charge in [-0.25, -0.2) is 4.98 Å². The molecule has 25 heavy (non-hydrogen) atoms. The van der Waals surface area contributed by atoms with E-state index in [-0.39, 0.29) is 5.91 Å². The predicted molar refractivity (Wildman–Crippen MR) is 103 cm³/mol. The number of hydrogen-bond acceptors (Lipinski definition) is 5. The molecule has 1 atom stereocenters. The van der Waals surface area contributed by atoms with Gasteiger partial charge < -0.3 is 4.90 Å². The Bertz CT molecular complexity index is 671. The molecule has 1 saturated heterocycles. The van der Waals surface area contributed by atoms with Crippen LogP contribution >= 0.6 is 11.3 Å². The molecule has 2 aromatic rings. The molecule has 1 amide bonds. The molecule has 1 fully saturated rings. The van der Waals surface area contributed by atoms with Crippen LogP contribution < -0.4 is 5.32 Å². The first-order valence-electron chi connectivity index (χ1n) is 8.84. The van der Waals surface area contributed by atoms with Gasteiger partial charge in [0.05, 0.1) is 0 Å². The van der Waals surface area contributed by atoms with Crippen molar-refractivity contribution in [1.29, 1.82) is 0 Å². The molecular formula is C19H26N4OS. The van der Waals surface area contributed by atoms with Crippen molar-refractivity contribution < 1.29 is 4.79 Å². The van der Waals surface area contributed by atoms with Crippen molar-refractivity contribution in [2.24, 2.45) is 5.92 Å². The summed E-state index contributed by atoms with van der Waals surface area (Å²) in [6.45, 7) is 7.76. The van der Waals surface area contributed by atoms with Gasteiger partial charge in [0, 0.05) is 36.8 Å². The molecule has 0 bridgehead atoms. The Balaban J connectivity index is 1.54. The van der Waals surface area contributed by atoms with Gasteiger partial charge in [0.15, 0.2) is 5.13 Å². The monoisotopic (exact) mass is 358 g/mol. The fraction of sp³-hybridized carbons (Fsp3) is 0.474. The van der Waals surface area contributed by atoms with Gasteiger partial charge in [0.1, 0.15) is 0 Å². The van der Waals surface area contributed by atoms with Gasteiger partial charge in [0.2, 0.25) is 0 Å². The van der Waals surface area contributed by atoms with Gasteiger partial charge in [0.25, 0.3) is 5.91 Å². The van der Waals surface area contributed by atoms with Crippen LogP contribution in [-0.4, -0.2) is 53.9 Å². The second-order valence-electron chi connectivity index (χ2n) is 6.73. The lowest BCUT2D eigenvalue weighted by molar-refractivity contribution is 0.102. The Kier molecular flexibility index (Phi) is 6.18. The average Bonchev–Trinajstić information content (AvgIpc) is 3.26. The molecule has 134 valence electrons. The van der Waals surface area contributed by atoms with Crippen LogP contribution in [0, 0.1) is 5.92 Å². The second-order valence-corrected chi connectivity index (χ2v) is 7.63. The minimum atomic E-state index is -0.108. The van der Waals surface area contributed by atoms with Gasteiger partial charge >= 0.3 is 0 Å². The standard InChI is InChI=1S/C19H26N4OS/c1-3-23(14-16-8-10-22(2)12-16)13-15-4-6-17(7-5-15)18(24)21-19-20-9-11-25-19/h4-7,9,11,16H,3,8,10,12-14H2,1-2H3,(H,20,21,24)/t16-/m1/s1. The van der Waals surface area contributed by atoms with Crippen LogP contribution in [0.5, 0.6) is 0 Å². The van der Waals surface area contributed by atoms with Crippen molar-refractivity contribution in [1.82, 2.24) is 14.8 Å². The number of benzene rings is 1. The molecule has 0 radical (unpaired) electrons. The SMILES string of the molecule is CCN(Cc1ccc(C(=O)Nc2nccs2)cc1)C[C@@H]1CCN(C)C1. The van der Waals surface area contributed by atoms with E-state index in [1.54, 1.807) is 6.20 Å². The Morgan fingerprint density at radius 2 is 2.20 bits per heavy atom. The summed E-state index contributed by atoms with van der Waals surface area (Å²) >= 11 is 1.42. The third-order valence-electron chi connectivity index (χ3n) is 4.73. The Morgan fingerprint density at radius 3 is 2.80 bits per heavy atom. The fourth-order valence-electron chi connectivity index (χ4n) is 3.32. The minimum absolute atomic E-state index is 0.108. The highest BCUT2D eigenvalue weighted by Gasteiger charge is 2.21. The van der Waals surface area contributed by atoms with Crippen LogP contribution in [-0.2, 0) is 6.54 Å². The lowest BCUT2D eigenvalue weighted by Crippen LogP contribution is -2.30. The number of nitrogens with zero attached hydrogens (tertiary/aromatic N) is 3. The zero-order valence-corrected chi connectivity index (χ0v) is 15.8. The van der Waals surface area contributed by atoms with E-state index in [2.05, 4.69) is 46.2 Å². The smallest absolute Gasteiger partial charge is 0.257 e. The summed E-state index contributed by atoms with van der Waals surface area (Å²) in [4.78, 5) is 21.2. The van der Waals surface area contributed by atoms with Crippen LogP contribution in [0.25, 0.3) is 0 Å². The molecule has 1 aromatic carbocycles. The van der Waals surface area contributed by atoms with E-state index >= 15 is 0 Å². The maximum Gasteiger partial charge on any atom is 0.257 e. The summed E-state index contributed by atoms with van der Waals surface area (Å²) in [6, 6.07) is 7.91. The molecule has 1 aliphatic heterocycles. The van der Waals surface area contributed by atoms with E-state index in [9.17, 15) is 4.79 Å². The maximum atomic E-state index is 12.2. The van der Waals surface area contributed by atoms with Gasteiger partial charge in [-0.2, -0.15) is 0 Å². The van der Waals surface area contributed by atoms with Crippen LogP contribution in [0.1, 0.15) is 29.3 Å². The number of amides is 1. The van der Waals surface area contributed by atoms with Crippen molar-refractivity contribution in [3.05, 3.63) is 47.0 Å². The first-order valence-corrected chi connectivity index (χ1v) is 9.72. The zero-order chi connectivity index (χ0) is 17.6. The Morgan fingerprint density at radius 1 is 1.40 bits per heavy atom. The highest BCUT2D eigenvalue weighted by molar-refractivity contribution is 7.13. The molecule has 5 nitrogen and oxygen atoms in total. The van der Waals surface area contributed by atoms with E-state index in [0.717, 1.165) is 25.6 Å². The van der Waals surface area contributed by atoms with Crippen LogP contribution in [0.3, 0.4) is 0 Å². The number of likely N-dealkylation sites (tertiary alicyclic amines) is 1. The van der Waals surface area contributed by atoms with Crippen molar-refractivity contribution in [3.63, 3.8) is 0 Å². The first-order chi connectivity index (χ1) is 12.1. The summed E-state index contributed by atoms with van der Waals surface area (Å²) in [6.07, 6.45) is 2.98. The second kappa shape index (κ2) is 8.56. The molecule has 0 unspecified atom stereocenters. The lowest BCUT2D eigenvalue weighted by atomic mass is 10.1. The number of thiazole rings is 1. The van der Waals surface area contributed by atoms with Gasteiger partial charge in [-0.05, 0) is 50.2 Å². The van der Waals surface area contributed by atoms with E-state index in [0.29, 0.717) is 10.7 Å².